The minimum atomic E-state index is -4.24. The van der Waals surface area contributed by atoms with Crippen molar-refractivity contribution >= 4 is 22.0 Å². The zero-order chi connectivity index (χ0) is 28.3. The van der Waals surface area contributed by atoms with Gasteiger partial charge in [-0.05, 0) is 62.9 Å². The first-order chi connectivity index (χ1) is 19.3. The summed E-state index contributed by atoms with van der Waals surface area (Å²) in [5, 5.41) is 0. The van der Waals surface area contributed by atoms with Gasteiger partial charge in [-0.25, -0.2) is 32.9 Å². The smallest absolute Gasteiger partial charge is 0.410 e. The van der Waals surface area contributed by atoms with Gasteiger partial charge in [-0.1, -0.05) is 0 Å². The number of pyridine rings is 1. The maximum absolute atomic E-state index is 13.9. The Kier molecular flexibility index (Phi) is 8.49. The fraction of sp³-hybridized carbons (Fsp3) is 0.500. The number of sulfonamides is 1. The number of benzene rings is 1. The summed E-state index contributed by atoms with van der Waals surface area (Å²) in [5.74, 6) is -0.696. The van der Waals surface area contributed by atoms with Crippen LogP contribution in [0.5, 0.6) is 11.6 Å². The van der Waals surface area contributed by atoms with Crippen LogP contribution in [0.25, 0.3) is 0 Å². The normalized spacial score (nSPS) is 24.9. The number of carbonyl (C=O) groups excluding carboxylic acids is 2. The molecule has 2 bridgehead atoms. The second-order valence-electron chi connectivity index (χ2n) is 9.69. The number of rotatable bonds is 8. The van der Waals surface area contributed by atoms with E-state index in [0.29, 0.717) is 31.6 Å². The number of piperazine rings is 1. The zero-order valence-corrected chi connectivity index (χ0v) is 22.7. The van der Waals surface area contributed by atoms with E-state index in [0.717, 1.165) is 23.3 Å². The molecule has 0 aliphatic carbocycles. The molecular formula is C26H31FN4O8S. The molecule has 0 radical (unpaired) electrons. The van der Waals surface area contributed by atoms with Crippen LogP contribution in [-0.4, -0.2) is 78.8 Å². The number of halogens is 1. The molecule has 4 atom stereocenters. The molecule has 3 aliphatic heterocycles. The van der Waals surface area contributed by atoms with Gasteiger partial charge in [-0.3, -0.25) is 9.69 Å². The quantitative estimate of drug-likeness (QED) is 0.469. The minimum Gasteiger partial charge on any atom is -0.450 e. The number of hydrogen-bond acceptors (Lipinski definition) is 9. The van der Waals surface area contributed by atoms with Crippen molar-refractivity contribution in [2.75, 3.05) is 19.8 Å². The van der Waals surface area contributed by atoms with Crippen LogP contribution in [-0.2, 0) is 29.1 Å². The fourth-order valence-corrected chi connectivity index (χ4v) is 6.88. The van der Waals surface area contributed by atoms with Gasteiger partial charge in [0.2, 0.25) is 15.9 Å². The summed E-state index contributed by atoms with van der Waals surface area (Å²) in [6, 6.07) is 5.51. The van der Waals surface area contributed by atoms with Crippen molar-refractivity contribution in [1.29, 1.82) is 0 Å². The first-order valence-electron chi connectivity index (χ1n) is 13.2. The molecule has 5 rings (SSSR count). The number of hydroxylamine groups is 1. The Morgan fingerprint density at radius 3 is 2.60 bits per heavy atom. The molecule has 2 aromatic rings. The highest BCUT2D eigenvalue weighted by atomic mass is 32.2. The molecule has 3 aliphatic rings. The molecule has 14 heteroatoms. The van der Waals surface area contributed by atoms with E-state index < -0.39 is 52.3 Å². The summed E-state index contributed by atoms with van der Waals surface area (Å²) >= 11 is 0. The molecule has 1 aromatic heterocycles. The number of amides is 2. The van der Waals surface area contributed by atoms with Gasteiger partial charge < -0.3 is 14.2 Å². The lowest BCUT2D eigenvalue weighted by Gasteiger charge is -2.44. The van der Waals surface area contributed by atoms with Gasteiger partial charge in [0.1, 0.15) is 22.5 Å². The van der Waals surface area contributed by atoms with Gasteiger partial charge in [-0.2, -0.15) is 4.31 Å². The van der Waals surface area contributed by atoms with Gasteiger partial charge in [0.25, 0.3) is 5.91 Å². The Balaban J connectivity index is 1.38. The maximum Gasteiger partial charge on any atom is 0.410 e. The lowest BCUT2D eigenvalue weighted by Crippen LogP contribution is -2.66. The summed E-state index contributed by atoms with van der Waals surface area (Å²) in [4.78, 5) is 37.1. The van der Waals surface area contributed by atoms with E-state index >= 15 is 0 Å². The molecule has 1 N–H and O–H groups in total. The SMILES string of the molecule is CCOC(=O)N1[C@@H]2CC[C@H]1[C@H](C(=O)NOC1CCCCO1)N(S(=O)(=O)c1ccc(Oc3ccc(F)cc3)nc1)C2. The van der Waals surface area contributed by atoms with Crippen LogP contribution >= 0.6 is 0 Å². The van der Waals surface area contributed by atoms with E-state index in [9.17, 15) is 22.4 Å². The molecule has 0 spiro atoms. The Hall–Kier alpha value is -3.33. The Morgan fingerprint density at radius 2 is 1.93 bits per heavy atom. The van der Waals surface area contributed by atoms with E-state index in [-0.39, 0.29) is 23.9 Å². The number of fused-ring (bicyclic) bond motifs is 2. The molecule has 12 nitrogen and oxygen atoms in total. The average Bonchev–Trinajstić information content (AvgIpc) is 3.27. The largest absolute Gasteiger partial charge is 0.450 e. The minimum absolute atomic E-state index is 0.105. The molecule has 0 saturated carbocycles. The first kappa shape index (κ1) is 28.2. The molecule has 3 saturated heterocycles. The monoisotopic (exact) mass is 578 g/mol. The van der Waals surface area contributed by atoms with Crippen molar-refractivity contribution in [3.63, 3.8) is 0 Å². The third kappa shape index (κ3) is 5.89. The van der Waals surface area contributed by atoms with Crippen LogP contribution in [0.4, 0.5) is 9.18 Å². The van der Waals surface area contributed by atoms with E-state index in [1.54, 1.807) is 6.92 Å². The molecule has 1 aromatic carbocycles. The summed E-state index contributed by atoms with van der Waals surface area (Å²) in [5.41, 5.74) is 2.38. The van der Waals surface area contributed by atoms with Crippen LogP contribution in [0.2, 0.25) is 0 Å². The van der Waals surface area contributed by atoms with Crippen molar-refractivity contribution in [1.82, 2.24) is 19.7 Å². The highest BCUT2D eigenvalue weighted by Crippen LogP contribution is 2.38. The van der Waals surface area contributed by atoms with Crippen LogP contribution in [0.1, 0.15) is 39.0 Å². The predicted molar refractivity (Wildman–Crippen MR) is 137 cm³/mol. The Morgan fingerprint density at radius 1 is 1.12 bits per heavy atom. The van der Waals surface area contributed by atoms with E-state index in [2.05, 4.69) is 10.5 Å². The van der Waals surface area contributed by atoms with E-state index in [4.69, 9.17) is 19.0 Å². The highest BCUT2D eigenvalue weighted by Gasteiger charge is 2.55. The van der Waals surface area contributed by atoms with Crippen molar-refractivity contribution in [3.8, 4) is 11.6 Å². The number of aromatic nitrogens is 1. The lowest BCUT2D eigenvalue weighted by molar-refractivity contribution is -0.203. The van der Waals surface area contributed by atoms with Gasteiger partial charge in [0.05, 0.1) is 18.8 Å². The summed E-state index contributed by atoms with van der Waals surface area (Å²) < 4.78 is 58.3. The summed E-state index contributed by atoms with van der Waals surface area (Å²) in [6.07, 6.45) is 3.18. The van der Waals surface area contributed by atoms with Gasteiger partial charge in [0, 0.05) is 31.7 Å². The van der Waals surface area contributed by atoms with Gasteiger partial charge in [-0.15, -0.1) is 0 Å². The van der Waals surface area contributed by atoms with E-state index in [1.165, 1.54) is 41.3 Å². The topological polar surface area (TPSA) is 137 Å². The fourth-order valence-electron chi connectivity index (χ4n) is 5.28. The average molecular weight is 579 g/mol. The van der Waals surface area contributed by atoms with Gasteiger partial charge in [0.15, 0.2) is 6.29 Å². The second kappa shape index (κ2) is 12.0. The second-order valence-corrected chi connectivity index (χ2v) is 11.6. The van der Waals surface area contributed by atoms with Crippen molar-refractivity contribution in [3.05, 3.63) is 48.4 Å². The van der Waals surface area contributed by atoms with Crippen LogP contribution in [0.3, 0.4) is 0 Å². The molecule has 216 valence electrons. The number of carbonyl (C=O) groups is 2. The number of nitrogens with one attached hydrogen (secondary N) is 1. The van der Waals surface area contributed by atoms with Crippen LogP contribution < -0.4 is 10.2 Å². The molecule has 3 fully saturated rings. The number of ether oxygens (including phenoxy) is 3. The van der Waals surface area contributed by atoms with Crippen molar-refractivity contribution in [2.45, 2.75) is 68.3 Å². The highest BCUT2D eigenvalue weighted by molar-refractivity contribution is 7.89. The van der Waals surface area contributed by atoms with Crippen molar-refractivity contribution < 1.29 is 41.4 Å². The molecular weight excluding hydrogens is 547 g/mol. The summed E-state index contributed by atoms with van der Waals surface area (Å²) in [7, 11) is -4.24. The predicted octanol–water partition coefficient (Wildman–Crippen LogP) is 2.95. The lowest BCUT2D eigenvalue weighted by atomic mass is 10.1. The maximum atomic E-state index is 13.9. The number of nitrogens with zero attached hydrogens (tertiary/aromatic N) is 3. The number of hydrogen-bond donors (Lipinski definition) is 1. The van der Waals surface area contributed by atoms with Crippen LogP contribution in [0, 0.1) is 5.82 Å². The van der Waals surface area contributed by atoms with Gasteiger partial charge >= 0.3 is 6.09 Å². The van der Waals surface area contributed by atoms with Crippen molar-refractivity contribution in [2.24, 2.45) is 0 Å². The molecule has 4 heterocycles. The van der Waals surface area contributed by atoms with Crippen LogP contribution in [0.15, 0.2) is 47.5 Å². The third-order valence-corrected chi connectivity index (χ3v) is 8.97. The summed E-state index contributed by atoms with van der Waals surface area (Å²) in [6.45, 7) is 2.22. The van der Waals surface area contributed by atoms with E-state index in [1.807, 2.05) is 0 Å². The first-order valence-corrected chi connectivity index (χ1v) is 14.7. The zero-order valence-electron chi connectivity index (χ0n) is 21.9. The molecule has 2 amide bonds. The molecule has 40 heavy (non-hydrogen) atoms. The Labute approximate surface area is 231 Å². The Bertz CT molecular complexity index is 1300. The molecule has 1 unspecified atom stereocenters. The standard InChI is InChI=1S/C26H31FN4O8S/c1-2-36-26(33)31-18-8-12-21(31)24(25(32)29-39-23-5-3-4-14-37-23)30(16-18)40(34,35)20-11-13-22(28-15-20)38-19-9-6-17(27)7-10-19/h6-7,9-11,13,15,18,21,23-24H,2-5,8,12,14,16H2,1H3,(H,29,32)/t18-,21+,23?,24-/m1/s1. The third-order valence-electron chi connectivity index (χ3n) is 7.14.